The van der Waals surface area contributed by atoms with Crippen LogP contribution in [0.5, 0.6) is 0 Å². The normalized spacial score (nSPS) is 46.3. The highest BCUT2D eigenvalue weighted by Gasteiger charge is 2.68. The Morgan fingerprint density at radius 1 is 0.970 bits per heavy atom. The van der Waals surface area contributed by atoms with Crippen LogP contribution in [-0.4, -0.2) is 17.6 Å². The summed E-state index contributed by atoms with van der Waals surface area (Å²) >= 11 is 0. The highest BCUT2D eigenvalue weighted by atomic mass is 17.1. The average molecular weight is 457 g/mol. The standard InChI is InChI=1S/C30H48O3/c1-20(2)9-8-10-21(3)22-13-17-29(6)23(22)11-12-25-27(4)16-15-26(31)28(5,19-33-32)24(27)14-18-30(25,29)7/h9,23-25,32H,8,10-19H2,1-7H3/b22-21-/t23?,24?,25?,27-,28+,29-,30-/m0/s1. The van der Waals surface area contributed by atoms with Crippen molar-refractivity contribution in [1.82, 2.24) is 0 Å². The molecule has 0 aromatic heterocycles. The minimum Gasteiger partial charge on any atom is -0.299 e. The van der Waals surface area contributed by atoms with E-state index >= 15 is 0 Å². The number of hydrogen-bond acceptors (Lipinski definition) is 3. The van der Waals surface area contributed by atoms with Crippen molar-refractivity contribution in [3.8, 4) is 0 Å². The van der Waals surface area contributed by atoms with Crippen LogP contribution < -0.4 is 0 Å². The molecule has 0 aromatic rings. The van der Waals surface area contributed by atoms with Gasteiger partial charge >= 0.3 is 0 Å². The molecule has 4 aliphatic carbocycles. The predicted molar refractivity (Wildman–Crippen MR) is 135 cm³/mol. The largest absolute Gasteiger partial charge is 0.299 e. The first-order valence-electron chi connectivity index (χ1n) is 13.6. The number of hydrogen-bond donors (Lipinski definition) is 1. The van der Waals surface area contributed by atoms with Gasteiger partial charge < -0.3 is 0 Å². The van der Waals surface area contributed by atoms with Gasteiger partial charge in [-0.15, -0.1) is 0 Å². The van der Waals surface area contributed by atoms with E-state index in [1.165, 1.54) is 50.5 Å². The van der Waals surface area contributed by atoms with Crippen LogP contribution in [0.2, 0.25) is 0 Å². The van der Waals surface area contributed by atoms with Crippen LogP contribution in [0, 0.1) is 39.4 Å². The first kappa shape index (κ1) is 25.2. The molecular weight excluding hydrogens is 408 g/mol. The van der Waals surface area contributed by atoms with Crippen LogP contribution in [0.3, 0.4) is 0 Å². The lowest BCUT2D eigenvalue weighted by Gasteiger charge is -2.68. The second kappa shape index (κ2) is 8.63. The molecule has 186 valence electrons. The van der Waals surface area contributed by atoms with E-state index in [-0.39, 0.29) is 12.0 Å². The van der Waals surface area contributed by atoms with Crippen molar-refractivity contribution in [2.75, 3.05) is 6.61 Å². The Morgan fingerprint density at radius 2 is 1.70 bits per heavy atom. The van der Waals surface area contributed by atoms with Gasteiger partial charge in [-0.25, -0.2) is 4.89 Å². The SMILES string of the molecule is CC(C)=CCC/C(C)=C1/CC[C@@]2(C)C1CCC1[C@@]3(C)CCC(=O)[C@](C)(COO)C3CC[C@@]12C. The van der Waals surface area contributed by atoms with Gasteiger partial charge in [-0.1, -0.05) is 50.5 Å². The summed E-state index contributed by atoms with van der Waals surface area (Å²) in [5.74, 6) is 1.96. The van der Waals surface area contributed by atoms with E-state index in [1.807, 2.05) is 0 Å². The number of allylic oxidation sites excluding steroid dienone is 4. The van der Waals surface area contributed by atoms with Gasteiger partial charge in [0.1, 0.15) is 5.78 Å². The van der Waals surface area contributed by atoms with E-state index in [4.69, 9.17) is 0 Å². The molecule has 1 N–H and O–H groups in total. The maximum Gasteiger partial charge on any atom is 0.141 e. The van der Waals surface area contributed by atoms with Crippen LogP contribution in [0.15, 0.2) is 22.8 Å². The molecule has 3 heteroatoms. The molecule has 0 aliphatic heterocycles. The van der Waals surface area contributed by atoms with Gasteiger partial charge in [0.15, 0.2) is 0 Å². The molecule has 4 fully saturated rings. The molecule has 0 spiro atoms. The Labute approximate surface area is 202 Å². The third kappa shape index (κ3) is 3.63. The lowest BCUT2D eigenvalue weighted by Crippen LogP contribution is -2.64. The lowest BCUT2D eigenvalue weighted by molar-refractivity contribution is -0.278. The molecule has 4 saturated carbocycles. The van der Waals surface area contributed by atoms with Crippen LogP contribution in [0.4, 0.5) is 0 Å². The van der Waals surface area contributed by atoms with Crippen molar-refractivity contribution in [1.29, 1.82) is 0 Å². The molecular formula is C30H48O3. The minimum atomic E-state index is -0.552. The molecule has 4 rings (SSSR count). The highest BCUT2D eigenvalue weighted by molar-refractivity contribution is 5.86. The molecule has 0 radical (unpaired) electrons. The Kier molecular flexibility index (Phi) is 6.58. The number of ketones is 1. The summed E-state index contributed by atoms with van der Waals surface area (Å²) in [5.41, 5.74) is 5.11. The highest BCUT2D eigenvalue weighted by Crippen LogP contribution is 2.75. The van der Waals surface area contributed by atoms with Gasteiger partial charge in [0.05, 0.1) is 12.0 Å². The van der Waals surface area contributed by atoms with Crippen molar-refractivity contribution in [3.63, 3.8) is 0 Å². The van der Waals surface area contributed by atoms with Crippen LogP contribution in [0.1, 0.15) is 113 Å². The molecule has 33 heavy (non-hydrogen) atoms. The zero-order valence-electron chi connectivity index (χ0n) is 22.4. The smallest absolute Gasteiger partial charge is 0.141 e. The van der Waals surface area contributed by atoms with Crippen LogP contribution in [0.25, 0.3) is 0 Å². The Hall–Kier alpha value is -0.930. The molecule has 0 heterocycles. The Morgan fingerprint density at radius 3 is 2.36 bits per heavy atom. The average Bonchev–Trinajstić information content (AvgIpc) is 3.09. The van der Waals surface area contributed by atoms with Crippen molar-refractivity contribution in [3.05, 3.63) is 22.8 Å². The summed E-state index contributed by atoms with van der Waals surface area (Å²) in [7, 11) is 0. The second-order valence-corrected chi connectivity index (χ2v) is 13.4. The Balaban J connectivity index is 1.65. The minimum absolute atomic E-state index is 0.146. The molecule has 4 aliphatic rings. The summed E-state index contributed by atoms with van der Waals surface area (Å²) in [6.07, 6.45) is 13.8. The third-order valence-corrected chi connectivity index (χ3v) is 11.7. The quantitative estimate of drug-likeness (QED) is 0.258. The number of rotatable bonds is 5. The second-order valence-electron chi connectivity index (χ2n) is 13.4. The zero-order valence-corrected chi connectivity index (χ0v) is 22.4. The van der Waals surface area contributed by atoms with Crippen molar-refractivity contribution < 1.29 is 14.9 Å². The monoisotopic (exact) mass is 456 g/mol. The number of carbonyl (C=O) groups is 1. The topological polar surface area (TPSA) is 46.5 Å². The van der Waals surface area contributed by atoms with E-state index in [2.05, 4.69) is 59.4 Å². The van der Waals surface area contributed by atoms with Gasteiger partial charge in [0.25, 0.3) is 0 Å². The summed E-state index contributed by atoms with van der Waals surface area (Å²) in [5, 5.41) is 9.34. The molecule has 0 bridgehead atoms. The van der Waals surface area contributed by atoms with Gasteiger partial charge in [-0.3, -0.25) is 10.1 Å². The van der Waals surface area contributed by atoms with E-state index in [0.717, 1.165) is 18.8 Å². The molecule has 3 unspecified atom stereocenters. The number of carbonyl (C=O) groups excluding carboxylic acids is 1. The van der Waals surface area contributed by atoms with Crippen molar-refractivity contribution in [2.24, 2.45) is 39.4 Å². The molecule has 3 nitrogen and oxygen atoms in total. The first-order valence-corrected chi connectivity index (χ1v) is 13.6. The maximum atomic E-state index is 13.0. The molecule has 7 atom stereocenters. The van der Waals surface area contributed by atoms with E-state index < -0.39 is 5.41 Å². The fourth-order valence-corrected chi connectivity index (χ4v) is 9.71. The fourth-order valence-electron chi connectivity index (χ4n) is 9.71. The van der Waals surface area contributed by atoms with Gasteiger partial charge in [-0.05, 0) is 113 Å². The Bertz CT molecular complexity index is 851. The molecule has 0 amide bonds. The maximum absolute atomic E-state index is 13.0. The van der Waals surface area contributed by atoms with Crippen LogP contribution >= 0.6 is 0 Å². The third-order valence-electron chi connectivity index (χ3n) is 11.7. The predicted octanol–water partition coefficient (Wildman–Crippen LogP) is 8.16. The van der Waals surface area contributed by atoms with Gasteiger partial charge in [0.2, 0.25) is 0 Å². The number of Topliss-reactive ketones (excluding diaryl/α,β-unsaturated/α-hetero) is 1. The van der Waals surface area contributed by atoms with Crippen molar-refractivity contribution in [2.45, 2.75) is 113 Å². The summed E-state index contributed by atoms with van der Waals surface area (Å²) in [6.45, 7) is 16.7. The van der Waals surface area contributed by atoms with Gasteiger partial charge in [-0.2, -0.15) is 0 Å². The van der Waals surface area contributed by atoms with Gasteiger partial charge in [0, 0.05) is 6.42 Å². The first-order chi connectivity index (χ1) is 15.4. The zero-order chi connectivity index (χ0) is 24.2. The van der Waals surface area contributed by atoms with Crippen LogP contribution in [-0.2, 0) is 9.68 Å². The van der Waals surface area contributed by atoms with Crippen molar-refractivity contribution >= 4 is 5.78 Å². The van der Waals surface area contributed by atoms with E-state index in [9.17, 15) is 10.1 Å². The molecule has 0 aromatic carbocycles. The van der Waals surface area contributed by atoms with E-state index in [0.29, 0.717) is 34.9 Å². The molecule has 0 saturated heterocycles. The summed E-state index contributed by atoms with van der Waals surface area (Å²) in [6, 6.07) is 0. The fraction of sp³-hybridized carbons (Fsp3) is 0.833. The lowest BCUT2D eigenvalue weighted by atomic mass is 9.35. The van der Waals surface area contributed by atoms with E-state index in [1.54, 1.807) is 11.1 Å². The summed E-state index contributed by atoms with van der Waals surface area (Å²) < 4.78 is 0. The number of fused-ring (bicyclic) bond motifs is 5. The summed E-state index contributed by atoms with van der Waals surface area (Å²) in [4.78, 5) is 17.7.